The van der Waals surface area contributed by atoms with Crippen molar-refractivity contribution in [2.45, 2.75) is 122 Å². The molecule has 9 nitrogen and oxygen atoms in total. The summed E-state index contributed by atoms with van der Waals surface area (Å²) in [5, 5.41) is 32.5. The Morgan fingerprint density at radius 1 is 1.09 bits per heavy atom. The van der Waals surface area contributed by atoms with Gasteiger partial charge in [0.25, 0.3) is 0 Å². The number of fused-ring (bicyclic) bond motifs is 3. The number of phenols is 1. The van der Waals surface area contributed by atoms with Gasteiger partial charge in [-0.1, -0.05) is 35.5 Å². The molecule has 7 rings (SSSR count). The molecule has 3 N–H and O–H groups in total. The Bertz CT molecular complexity index is 1710. The smallest absolute Gasteiger partial charge is 0.330 e. The summed E-state index contributed by atoms with van der Waals surface area (Å²) in [6.07, 6.45) is 9.25. The van der Waals surface area contributed by atoms with Crippen molar-refractivity contribution in [3.63, 3.8) is 0 Å². The predicted molar refractivity (Wildman–Crippen MR) is 175 cm³/mol. The van der Waals surface area contributed by atoms with E-state index in [4.69, 9.17) is 14.2 Å². The number of hydrogen-bond acceptors (Lipinski definition) is 8. The minimum Gasteiger partial charge on any atom is -0.507 e. The van der Waals surface area contributed by atoms with Crippen LogP contribution in [0.5, 0.6) is 17.2 Å². The van der Waals surface area contributed by atoms with Gasteiger partial charge < -0.3 is 29.5 Å². The van der Waals surface area contributed by atoms with Crippen LogP contribution in [0, 0.1) is 11.8 Å². The number of allylic oxidation sites excluding steroid dienone is 5. The molecule has 1 aromatic carbocycles. The molecule has 3 heterocycles. The summed E-state index contributed by atoms with van der Waals surface area (Å²) in [4.78, 5) is 40.8. The average molecular weight is 647 g/mol. The topological polar surface area (TPSA) is 140 Å². The Kier molecular flexibility index (Phi) is 7.72. The number of ether oxygens (including phenoxy) is 3. The van der Waals surface area contributed by atoms with E-state index in [2.05, 4.69) is 19.9 Å². The lowest BCUT2D eigenvalue weighted by molar-refractivity contribution is -0.171. The van der Waals surface area contributed by atoms with Crippen LogP contribution >= 0.6 is 0 Å². The number of rotatable bonds is 9. The summed E-state index contributed by atoms with van der Waals surface area (Å²) >= 11 is 0. The van der Waals surface area contributed by atoms with E-state index in [1.165, 1.54) is 18.6 Å². The Balaban J connectivity index is 1.53. The van der Waals surface area contributed by atoms with E-state index >= 15 is 0 Å². The number of carboxylic acid groups (broad SMARTS) is 1. The lowest BCUT2D eigenvalue weighted by Crippen LogP contribution is -2.72. The van der Waals surface area contributed by atoms with Crippen LogP contribution in [0.4, 0.5) is 0 Å². The molecule has 0 aromatic heterocycles. The van der Waals surface area contributed by atoms with E-state index in [1.54, 1.807) is 19.9 Å². The number of aliphatic carboxylic acids is 1. The molecule has 3 aliphatic heterocycles. The highest BCUT2D eigenvalue weighted by atomic mass is 16.6. The van der Waals surface area contributed by atoms with Crippen LogP contribution in [0.3, 0.4) is 0 Å². The van der Waals surface area contributed by atoms with E-state index in [-0.39, 0.29) is 46.8 Å². The van der Waals surface area contributed by atoms with Gasteiger partial charge in [0.1, 0.15) is 28.9 Å². The van der Waals surface area contributed by atoms with Crippen molar-refractivity contribution in [1.82, 2.24) is 0 Å². The number of carbonyl (C=O) groups excluding carboxylic acids is 2. The van der Waals surface area contributed by atoms with Gasteiger partial charge in [-0.15, -0.1) is 0 Å². The Morgan fingerprint density at radius 3 is 2.43 bits per heavy atom. The molecule has 1 aromatic rings. The highest BCUT2D eigenvalue weighted by Crippen LogP contribution is 2.68. The number of Topliss-reactive ketones (excluding diaryl/α,β-unsaturated/α-hetero) is 2. The minimum atomic E-state index is -1.65. The van der Waals surface area contributed by atoms with Crippen LogP contribution in [-0.2, 0) is 27.2 Å². The number of aliphatic hydroxyl groups is 1. The molecule has 252 valence electrons. The van der Waals surface area contributed by atoms with Crippen LogP contribution in [0.25, 0.3) is 0 Å². The molecule has 4 bridgehead atoms. The van der Waals surface area contributed by atoms with Crippen molar-refractivity contribution in [2.24, 2.45) is 11.8 Å². The quantitative estimate of drug-likeness (QED) is 0.214. The highest BCUT2D eigenvalue weighted by molar-refractivity contribution is 6.18. The molecular weight excluding hydrogens is 600 g/mol. The number of ketones is 2. The highest BCUT2D eigenvalue weighted by Gasteiger charge is 2.81. The summed E-state index contributed by atoms with van der Waals surface area (Å²) in [6, 6.07) is 0. The fourth-order valence-electron chi connectivity index (χ4n) is 8.38. The predicted octanol–water partition coefficient (Wildman–Crippen LogP) is 6.13. The summed E-state index contributed by atoms with van der Waals surface area (Å²) in [6.45, 7) is 14.7. The Labute approximate surface area is 276 Å². The molecule has 9 heteroatoms. The normalized spacial score (nSPS) is 30.2. The van der Waals surface area contributed by atoms with Crippen molar-refractivity contribution in [3.8, 4) is 17.2 Å². The van der Waals surface area contributed by atoms with E-state index in [1.807, 2.05) is 26.8 Å². The molecular formula is C38H46O9. The molecule has 2 fully saturated rings. The number of carboxylic acids is 1. The molecule has 5 atom stereocenters. The van der Waals surface area contributed by atoms with Crippen molar-refractivity contribution in [1.29, 1.82) is 0 Å². The molecule has 1 saturated heterocycles. The van der Waals surface area contributed by atoms with Gasteiger partial charge >= 0.3 is 5.97 Å². The summed E-state index contributed by atoms with van der Waals surface area (Å²) in [5.74, 6) is -2.55. The molecule has 0 amide bonds. The van der Waals surface area contributed by atoms with Gasteiger partial charge in [0.15, 0.2) is 22.8 Å². The second-order valence-electron chi connectivity index (χ2n) is 15.3. The standard InChI is InChI=1S/C38H46O9/c1-19(2)10-9-11-20(3)12-13-23-29(39)28-30(40)25-16-22-17-26-36(7,8)47-37(33(22)41,15-14-21(4)34(42)43)38(25,26)46-32(28)24-18-27(35(5,6)44)45-31(23)24/h10,12,14,16,22,26-27,39,44H,9,11,13,15,17-18H2,1-8H3,(H,42,43)/b20-12+,21-14?/t22-,26+,27-,37+,38-/m1/s1. The fraction of sp³-hybridized carbons (Fsp3) is 0.553. The van der Waals surface area contributed by atoms with E-state index in [9.17, 15) is 29.7 Å². The van der Waals surface area contributed by atoms with Gasteiger partial charge in [-0.25, -0.2) is 4.79 Å². The molecule has 0 radical (unpaired) electrons. The van der Waals surface area contributed by atoms with Crippen LogP contribution < -0.4 is 9.47 Å². The zero-order valence-electron chi connectivity index (χ0n) is 28.6. The van der Waals surface area contributed by atoms with E-state index in [0.29, 0.717) is 29.7 Å². The van der Waals surface area contributed by atoms with Crippen LogP contribution in [0.2, 0.25) is 0 Å². The van der Waals surface area contributed by atoms with Gasteiger partial charge in [-0.3, -0.25) is 9.59 Å². The van der Waals surface area contributed by atoms with Crippen LogP contribution in [0.1, 0.15) is 103 Å². The van der Waals surface area contributed by atoms with Crippen molar-refractivity contribution in [3.05, 3.63) is 63.3 Å². The Morgan fingerprint density at radius 2 is 1.79 bits per heavy atom. The Hall–Kier alpha value is -3.69. The van der Waals surface area contributed by atoms with Crippen LogP contribution in [-0.4, -0.2) is 61.4 Å². The maximum absolute atomic E-state index is 14.8. The van der Waals surface area contributed by atoms with Gasteiger partial charge in [0.2, 0.25) is 0 Å². The van der Waals surface area contributed by atoms with Gasteiger partial charge in [0.05, 0.1) is 11.2 Å². The molecule has 47 heavy (non-hydrogen) atoms. The fourth-order valence-corrected chi connectivity index (χ4v) is 8.38. The molecule has 1 spiro atoms. The van der Waals surface area contributed by atoms with E-state index in [0.717, 1.165) is 18.4 Å². The van der Waals surface area contributed by atoms with Crippen LogP contribution in [0.15, 0.2) is 46.6 Å². The maximum Gasteiger partial charge on any atom is 0.330 e. The number of phenolic OH excluding ortho intramolecular Hbond substituents is 1. The zero-order valence-corrected chi connectivity index (χ0v) is 28.6. The number of hydrogen-bond donors (Lipinski definition) is 3. The van der Waals surface area contributed by atoms with E-state index < -0.39 is 52.1 Å². The molecule has 6 aliphatic rings. The largest absolute Gasteiger partial charge is 0.507 e. The molecule has 0 unspecified atom stereocenters. The number of aromatic hydroxyl groups is 1. The lowest BCUT2D eigenvalue weighted by atomic mass is 9.51. The third kappa shape index (κ3) is 4.83. The van der Waals surface area contributed by atoms with Crippen molar-refractivity contribution in [2.75, 3.05) is 0 Å². The summed E-state index contributed by atoms with van der Waals surface area (Å²) in [7, 11) is 0. The first-order valence-electron chi connectivity index (χ1n) is 16.5. The molecule has 3 aliphatic carbocycles. The third-order valence-electron chi connectivity index (χ3n) is 10.9. The average Bonchev–Trinajstić information content (AvgIpc) is 3.49. The van der Waals surface area contributed by atoms with Gasteiger partial charge in [-0.2, -0.15) is 0 Å². The third-order valence-corrected chi connectivity index (χ3v) is 10.9. The SMILES string of the molecule is CC(C)=CCC/C(C)=C/Cc1c(O)c2c(c3c1O[C@@H](C(C)(C)O)C3)O[C@]13C(=C[C@@H]4C[C@H]1C(C)(C)O[C@@]3(CC=C(C)C(=O)O)C4=O)C2=O. The lowest BCUT2D eigenvalue weighted by Gasteiger charge is -2.56. The maximum atomic E-state index is 14.8. The molecule has 1 saturated carbocycles. The monoisotopic (exact) mass is 646 g/mol. The first kappa shape index (κ1) is 33.2. The second kappa shape index (κ2) is 10.9. The van der Waals surface area contributed by atoms with Gasteiger partial charge in [0, 0.05) is 47.0 Å². The first-order chi connectivity index (χ1) is 21.9. The summed E-state index contributed by atoms with van der Waals surface area (Å²) < 4.78 is 20.1. The second-order valence-corrected chi connectivity index (χ2v) is 15.3. The zero-order chi connectivity index (χ0) is 34.4. The minimum absolute atomic E-state index is 0.0239. The number of benzene rings is 1. The van der Waals surface area contributed by atoms with Crippen molar-refractivity contribution < 1.29 is 43.9 Å². The number of carbonyl (C=O) groups is 3. The summed E-state index contributed by atoms with van der Waals surface area (Å²) in [5.41, 5.74) is -1.61. The first-order valence-corrected chi connectivity index (χ1v) is 16.5. The van der Waals surface area contributed by atoms with Crippen molar-refractivity contribution >= 4 is 17.5 Å². The van der Waals surface area contributed by atoms with Gasteiger partial charge in [-0.05, 0) is 81.1 Å².